The van der Waals surface area contributed by atoms with Gasteiger partial charge in [-0.05, 0) is 18.1 Å². The Bertz CT molecular complexity index is 1060. The molecule has 1 fully saturated rings. The maximum Gasteiger partial charge on any atom is 0.216 e. The van der Waals surface area contributed by atoms with E-state index in [0.717, 1.165) is 36.1 Å². The van der Waals surface area contributed by atoms with Crippen LogP contribution in [0.1, 0.15) is 28.4 Å². The highest BCUT2D eigenvalue weighted by Crippen LogP contribution is 2.37. The van der Waals surface area contributed by atoms with Gasteiger partial charge in [0.05, 0.1) is 44.6 Å². The molecule has 0 bridgehead atoms. The van der Waals surface area contributed by atoms with Gasteiger partial charge in [-0.2, -0.15) is 0 Å². The Hall–Kier alpha value is -3.12. The van der Waals surface area contributed by atoms with E-state index in [0.29, 0.717) is 35.8 Å². The van der Waals surface area contributed by atoms with E-state index in [-0.39, 0.29) is 5.78 Å². The number of carbonyl (C=O) groups is 1. The predicted molar refractivity (Wildman–Crippen MR) is 116 cm³/mol. The molecule has 156 valence electrons. The first-order valence-corrected chi connectivity index (χ1v) is 10.2. The van der Waals surface area contributed by atoms with Crippen LogP contribution in [-0.4, -0.2) is 46.3 Å². The van der Waals surface area contributed by atoms with Crippen LogP contribution >= 0.6 is 0 Å². The van der Waals surface area contributed by atoms with Crippen LogP contribution < -0.4 is 19.4 Å². The third-order valence-electron chi connectivity index (χ3n) is 5.60. The number of benzene rings is 2. The zero-order chi connectivity index (χ0) is 21.1. The lowest BCUT2D eigenvalue weighted by atomic mass is 9.98. The van der Waals surface area contributed by atoms with Gasteiger partial charge in [0.25, 0.3) is 0 Å². The fraction of sp³-hybridized carbons (Fsp3) is 0.333. The van der Waals surface area contributed by atoms with Crippen molar-refractivity contribution in [3.63, 3.8) is 0 Å². The molecule has 6 heteroatoms. The zero-order valence-electron chi connectivity index (χ0n) is 17.7. The Morgan fingerprint density at radius 2 is 1.73 bits per heavy atom. The first-order chi connectivity index (χ1) is 14.7. The Morgan fingerprint density at radius 1 is 1.07 bits per heavy atom. The minimum atomic E-state index is -0.00733. The third-order valence-corrected chi connectivity index (χ3v) is 5.60. The minimum Gasteiger partial charge on any atom is -0.493 e. The van der Waals surface area contributed by atoms with Crippen molar-refractivity contribution >= 4 is 22.4 Å². The number of hydrogen-bond donors (Lipinski definition) is 0. The highest BCUT2D eigenvalue weighted by atomic mass is 16.5. The minimum absolute atomic E-state index is 0.00733. The largest absolute Gasteiger partial charge is 0.493 e. The quantitative estimate of drug-likeness (QED) is 0.587. The number of carbonyl (C=O) groups excluding carboxylic acids is 1. The molecule has 30 heavy (non-hydrogen) atoms. The standard InChI is InChI=1S/C24H26N2O4/c1-4-16-5-7-17(8-6-16)24(27)19-15-25-20-14-22(29-3)21(28-2)13-18(20)23(19)26-9-11-30-12-10-26/h5-8,13-15H,4,9-12H2,1-3H3/p+1. The van der Waals surface area contributed by atoms with Crippen LogP contribution in [0.4, 0.5) is 5.69 Å². The topological polar surface area (TPSA) is 62.1 Å². The summed E-state index contributed by atoms with van der Waals surface area (Å²) in [5.74, 6) is 1.26. The van der Waals surface area contributed by atoms with Gasteiger partial charge in [0, 0.05) is 18.7 Å². The fourth-order valence-electron chi connectivity index (χ4n) is 3.91. The van der Waals surface area contributed by atoms with Crippen LogP contribution in [0.15, 0.2) is 42.6 Å². The smallest absolute Gasteiger partial charge is 0.216 e. The maximum atomic E-state index is 13.5. The Kier molecular flexibility index (Phi) is 5.86. The van der Waals surface area contributed by atoms with Crippen LogP contribution in [0.3, 0.4) is 0 Å². The number of rotatable bonds is 6. The Morgan fingerprint density at radius 3 is 2.37 bits per heavy atom. The molecule has 2 aromatic carbocycles. The molecule has 1 saturated heterocycles. The van der Waals surface area contributed by atoms with Gasteiger partial charge >= 0.3 is 0 Å². The van der Waals surface area contributed by atoms with Gasteiger partial charge in [-0.1, -0.05) is 31.2 Å². The summed E-state index contributed by atoms with van der Waals surface area (Å²) in [6, 6.07) is 11.7. The lowest BCUT2D eigenvalue weighted by Gasteiger charge is -2.30. The van der Waals surface area contributed by atoms with Gasteiger partial charge in [0.2, 0.25) is 11.3 Å². The molecule has 0 aliphatic carbocycles. The Balaban J connectivity index is 1.90. The number of aromatic nitrogens is 1. The number of anilines is 1. The van der Waals surface area contributed by atoms with E-state index in [9.17, 15) is 4.79 Å². The summed E-state index contributed by atoms with van der Waals surface area (Å²) >= 11 is 0. The number of nitrogens with one attached hydrogen (secondary N) is 1. The lowest BCUT2D eigenvalue weighted by molar-refractivity contribution is -0.344. The molecule has 3 aromatic rings. The zero-order valence-corrected chi connectivity index (χ0v) is 17.7. The monoisotopic (exact) mass is 407 g/mol. The molecule has 6 nitrogen and oxygen atoms in total. The summed E-state index contributed by atoms with van der Waals surface area (Å²) in [5, 5.41) is 0.922. The fourth-order valence-corrected chi connectivity index (χ4v) is 3.91. The van der Waals surface area contributed by atoms with E-state index in [4.69, 9.17) is 14.2 Å². The van der Waals surface area contributed by atoms with E-state index in [1.807, 2.05) is 36.4 Å². The molecule has 0 unspecified atom stereocenters. The maximum absolute atomic E-state index is 13.5. The van der Waals surface area contributed by atoms with Crippen molar-refractivity contribution in [3.8, 4) is 11.5 Å². The van der Waals surface area contributed by atoms with Crippen LogP contribution in [0, 0.1) is 0 Å². The molecule has 1 aliphatic rings. The molecule has 4 rings (SSSR count). The number of nitrogens with zero attached hydrogens (tertiary/aromatic N) is 1. The van der Waals surface area contributed by atoms with E-state index >= 15 is 0 Å². The van der Waals surface area contributed by atoms with Crippen molar-refractivity contribution in [2.75, 3.05) is 45.4 Å². The summed E-state index contributed by atoms with van der Waals surface area (Å²) in [7, 11) is 3.23. The molecule has 0 radical (unpaired) electrons. The average Bonchev–Trinajstić information content (AvgIpc) is 2.82. The normalized spacial score (nSPS) is 14.0. The number of hydrogen-bond acceptors (Lipinski definition) is 5. The highest BCUT2D eigenvalue weighted by molar-refractivity contribution is 6.15. The number of fused-ring (bicyclic) bond motifs is 1. The van der Waals surface area contributed by atoms with E-state index in [1.165, 1.54) is 5.56 Å². The number of ether oxygens (including phenoxy) is 3. The van der Waals surface area contributed by atoms with Gasteiger partial charge in [-0.25, -0.2) is 4.98 Å². The third kappa shape index (κ3) is 3.71. The van der Waals surface area contributed by atoms with Gasteiger partial charge in [0.1, 0.15) is 5.56 Å². The van der Waals surface area contributed by atoms with Crippen molar-refractivity contribution in [3.05, 3.63) is 59.3 Å². The summed E-state index contributed by atoms with van der Waals surface area (Å²) in [4.78, 5) is 19.0. The molecular formula is C24H27N2O4+. The van der Waals surface area contributed by atoms with Gasteiger partial charge < -0.3 is 19.1 Å². The molecule has 0 spiro atoms. The molecule has 1 N–H and O–H groups in total. The molecule has 1 aliphatic heterocycles. The summed E-state index contributed by atoms with van der Waals surface area (Å²) < 4.78 is 16.5. The highest BCUT2D eigenvalue weighted by Gasteiger charge is 2.27. The van der Waals surface area contributed by atoms with Gasteiger partial charge in [-0.15, -0.1) is 0 Å². The Labute approximate surface area is 176 Å². The molecule has 0 amide bonds. The van der Waals surface area contributed by atoms with Crippen LogP contribution in [0.2, 0.25) is 0 Å². The van der Waals surface area contributed by atoms with E-state index < -0.39 is 0 Å². The molecule has 0 atom stereocenters. The molecule has 2 heterocycles. The first kappa shape index (κ1) is 20.2. The summed E-state index contributed by atoms with van der Waals surface area (Å²) in [5.41, 5.74) is 4.31. The average molecular weight is 407 g/mol. The molecule has 0 saturated carbocycles. The van der Waals surface area contributed by atoms with Crippen molar-refractivity contribution in [1.29, 1.82) is 0 Å². The number of aromatic amines is 1. The van der Waals surface area contributed by atoms with E-state index in [1.54, 1.807) is 20.4 Å². The molecular weight excluding hydrogens is 380 g/mol. The number of pyridine rings is 1. The van der Waals surface area contributed by atoms with Crippen molar-refractivity contribution in [1.82, 2.24) is 0 Å². The lowest BCUT2D eigenvalue weighted by Crippen LogP contribution is -2.37. The van der Waals surface area contributed by atoms with Gasteiger partial charge in [-0.3, -0.25) is 4.79 Å². The summed E-state index contributed by atoms with van der Waals surface area (Å²) in [6.45, 7) is 4.82. The van der Waals surface area contributed by atoms with E-state index in [2.05, 4.69) is 16.8 Å². The van der Waals surface area contributed by atoms with Crippen LogP contribution in [0.5, 0.6) is 11.5 Å². The number of aryl methyl sites for hydroxylation is 1. The predicted octanol–water partition coefficient (Wildman–Crippen LogP) is 3.30. The SMILES string of the molecule is CCc1ccc(C(=O)c2c[nH+]c3cc(OC)c(OC)cc3c2N2CCOCC2)cc1. The van der Waals surface area contributed by atoms with Crippen molar-refractivity contribution < 1.29 is 24.0 Å². The second-order valence-electron chi connectivity index (χ2n) is 7.28. The van der Waals surface area contributed by atoms with Crippen molar-refractivity contribution in [2.45, 2.75) is 13.3 Å². The van der Waals surface area contributed by atoms with Gasteiger partial charge in [0.15, 0.2) is 17.7 Å². The summed E-state index contributed by atoms with van der Waals surface area (Å²) in [6.07, 6.45) is 2.74. The first-order valence-electron chi connectivity index (χ1n) is 10.2. The number of H-pyrrole nitrogens is 1. The van der Waals surface area contributed by atoms with Crippen LogP contribution in [-0.2, 0) is 11.2 Å². The second-order valence-corrected chi connectivity index (χ2v) is 7.28. The number of morpholine rings is 1. The number of methoxy groups -OCH3 is 2. The van der Waals surface area contributed by atoms with Crippen LogP contribution in [0.25, 0.3) is 10.9 Å². The second kappa shape index (κ2) is 8.71. The number of ketones is 1. The molecule has 1 aromatic heterocycles. The van der Waals surface area contributed by atoms with Crippen molar-refractivity contribution in [2.24, 2.45) is 0 Å².